The predicted octanol–water partition coefficient (Wildman–Crippen LogP) is 2.85. The standard InChI is InChI=1S/C20H30NO3/c1-14(2)21(3)16-9-10-17(21)12-18(11-16)24-20(23)19(13-22)15-7-5-4-6-8-15/h4-8,14,16-19,22H,9-13H2,1-3H3/q+1/t16-,17-,18-,19+,21+/m1/s1. The second-order valence-corrected chi connectivity index (χ2v) is 7.88. The van der Waals surface area contributed by atoms with E-state index in [9.17, 15) is 9.90 Å². The number of carbonyl (C=O) groups excluding carboxylic acids is 1. The number of ether oxygens (including phenoxy) is 1. The zero-order chi connectivity index (χ0) is 17.3. The van der Waals surface area contributed by atoms with Crippen LogP contribution in [-0.4, -0.2) is 53.4 Å². The van der Waals surface area contributed by atoms with Crippen molar-refractivity contribution in [3.05, 3.63) is 35.9 Å². The van der Waals surface area contributed by atoms with E-state index in [1.165, 1.54) is 12.8 Å². The van der Waals surface area contributed by atoms with Gasteiger partial charge in [0.2, 0.25) is 0 Å². The van der Waals surface area contributed by atoms with Gasteiger partial charge in [-0.2, -0.15) is 0 Å². The van der Waals surface area contributed by atoms with Gasteiger partial charge in [-0.15, -0.1) is 0 Å². The minimum absolute atomic E-state index is 0.00212. The second-order valence-electron chi connectivity index (χ2n) is 7.88. The Bertz CT molecular complexity index is 558. The number of fused-ring (bicyclic) bond motifs is 2. The number of rotatable bonds is 5. The minimum atomic E-state index is -0.572. The summed E-state index contributed by atoms with van der Waals surface area (Å²) < 4.78 is 6.96. The average Bonchev–Trinajstić information content (AvgIpc) is 2.74. The maximum absolute atomic E-state index is 12.6. The highest BCUT2D eigenvalue weighted by Crippen LogP contribution is 2.44. The Kier molecular flexibility index (Phi) is 4.97. The molecule has 3 atom stereocenters. The monoisotopic (exact) mass is 332 g/mol. The molecule has 0 radical (unpaired) electrons. The van der Waals surface area contributed by atoms with E-state index in [0.717, 1.165) is 22.9 Å². The van der Waals surface area contributed by atoms with E-state index in [0.29, 0.717) is 18.1 Å². The maximum Gasteiger partial charge on any atom is 0.316 e. The molecule has 2 heterocycles. The summed E-state index contributed by atoms with van der Waals surface area (Å²) in [6.07, 6.45) is 4.36. The van der Waals surface area contributed by atoms with Crippen molar-refractivity contribution < 1.29 is 19.1 Å². The van der Waals surface area contributed by atoms with Crippen LogP contribution in [0.4, 0.5) is 0 Å². The van der Waals surface area contributed by atoms with Gasteiger partial charge in [-0.25, -0.2) is 0 Å². The summed E-state index contributed by atoms with van der Waals surface area (Å²) in [4.78, 5) is 12.6. The molecular formula is C20H30NO3+. The first-order valence-electron chi connectivity index (χ1n) is 9.18. The van der Waals surface area contributed by atoms with Crippen LogP contribution in [0.3, 0.4) is 0 Å². The third-order valence-electron chi connectivity index (χ3n) is 6.54. The van der Waals surface area contributed by atoms with E-state index in [2.05, 4.69) is 20.9 Å². The zero-order valence-electron chi connectivity index (χ0n) is 15.0. The molecule has 24 heavy (non-hydrogen) atoms. The molecule has 1 aromatic rings. The first kappa shape index (κ1) is 17.4. The van der Waals surface area contributed by atoms with Crippen LogP contribution in [0.25, 0.3) is 0 Å². The number of quaternary nitrogens is 1. The smallest absolute Gasteiger partial charge is 0.316 e. The zero-order valence-corrected chi connectivity index (χ0v) is 15.0. The van der Waals surface area contributed by atoms with E-state index >= 15 is 0 Å². The lowest BCUT2D eigenvalue weighted by Crippen LogP contribution is -2.62. The molecule has 2 aliphatic rings. The van der Waals surface area contributed by atoms with Crippen LogP contribution < -0.4 is 0 Å². The summed E-state index contributed by atoms with van der Waals surface area (Å²) in [6, 6.07) is 11.2. The molecule has 0 aliphatic carbocycles. The molecule has 132 valence electrons. The number of hydrogen-bond acceptors (Lipinski definition) is 3. The number of aliphatic hydroxyl groups is 1. The van der Waals surface area contributed by atoms with Crippen molar-refractivity contribution >= 4 is 5.97 Å². The van der Waals surface area contributed by atoms with Gasteiger partial charge in [0.15, 0.2) is 0 Å². The molecule has 0 unspecified atom stereocenters. The number of aliphatic hydroxyl groups excluding tert-OH is 1. The van der Waals surface area contributed by atoms with Gasteiger partial charge in [0, 0.05) is 25.7 Å². The Morgan fingerprint density at radius 1 is 1.21 bits per heavy atom. The summed E-state index contributed by atoms with van der Waals surface area (Å²) >= 11 is 0. The van der Waals surface area contributed by atoms with Gasteiger partial charge in [-0.1, -0.05) is 30.3 Å². The molecule has 2 aliphatic heterocycles. The maximum atomic E-state index is 12.6. The Balaban J connectivity index is 1.66. The van der Waals surface area contributed by atoms with Crippen molar-refractivity contribution in [2.24, 2.45) is 0 Å². The second kappa shape index (κ2) is 6.85. The summed E-state index contributed by atoms with van der Waals surface area (Å²) in [6.45, 7) is 4.39. The molecule has 0 spiro atoms. The quantitative estimate of drug-likeness (QED) is 0.666. The Labute approximate surface area is 145 Å². The SMILES string of the molecule is CC(C)[N@+]1(C)[C@@H]2CC[C@@H]1C[C@@H](OC(=O)[C@@H](CO)c1ccccc1)C2. The fraction of sp³-hybridized carbons (Fsp3) is 0.650. The van der Waals surface area contributed by atoms with Crippen LogP contribution in [0, 0.1) is 0 Å². The summed E-state index contributed by atoms with van der Waals surface area (Å²) in [5.41, 5.74) is 0.826. The molecule has 2 fully saturated rings. The molecule has 2 bridgehead atoms. The third-order valence-corrected chi connectivity index (χ3v) is 6.54. The van der Waals surface area contributed by atoms with Crippen molar-refractivity contribution in [3.8, 4) is 0 Å². The van der Waals surface area contributed by atoms with Crippen LogP contribution in [-0.2, 0) is 9.53 Å². The average molecular weight is 332 g/mol. The normalized spacial score (nSPS) is 33.5. The van der Waals surface area contributed by atoms with Crippen molar-refractivity contribution in [1.82, 2.24) is 0 Å². The topological polar surface area (TPSA) is 46.5 Å². The molecule has 0 amide bonds. The van der Waals surface area contributed by atoms with E-state index in [1.807, 2.05) is 30.3 Å². The summed E-state index contributed by atoms with van der Waals surface area (Å²) in [7, 11) is 2.37. The van der Waals surface area contributed by atoms with Crippen LogP contribution in [0.5, 0.6) is 0 Å². The number of piperidine rings is 1. The number of carbonyl (C=O) groups is 1. The van der Waals surface area contributed by atoms with E-state index in [4.69, 9.17) is 4.74 Å². The van der Waals surface area contributed by atoms with E-state index < -0.39 is 5.92 Å². The first-order valence-corrected chi connectivity index (χ1v) is 9.18. The largest absolute Gasteiger partial charge is 0.461 e. The molecule has 0 aromatic heterocycles. The molecular weight excluding hydrogens is 302 g/mol. The highest BCUT2D eigenvalue weighted by molar-refractivity contribution is 5.78. The van der Waals surface area contributed by atoms with Crippen molar-refractivity contribution in [3.63, 3.8) is 0 Å². The Morgan fingerprint density at radius 3 is 2.29 bits per heavy atom. The lowest BCUT2D eigenvalue weighted by atomic mass is 9.94. The number of hydrogen-bond donors (Lipinski definition) is 1. The van der Waals surface area contributed by atoms with Gasteiger partial charge in [0.1, 0.15) is 12.0 Å². The van der Waals surface area contributed by atoms with Crippen LogP contribution in [0.2, 0.25) is 0 Å². The summed E-state index contributed by atoms with van der Waals surface area (Å²) in [5.74, 6) is -0.856. The van der Waals surface area contributed by atoms with Gasteiger partial charge < -0.3 is 14.3 Å². The van der Waals surface area contributed by atoms with Crippen LogP contribution >= 0.6 is 0 Å². The van der Waals surface area contributed by atoms with Crippen molar-refractivity contribution in [2.75, 3.05) is 13.7 Å². The minimum Gasteiger partial charge on any atom is -0.461 e. The van der Waals surface area contributed by atoms with Crippen LogP contribution in [0.15, 0.2) is 30.3 Å². The van der Waals surface area contributed by atoms with Crippen molar-refractivity contribution in [2.45, 2.75) is 69.7 Å². The van der Waals surface area contributed by atoms with Crippen LogP contribution in [0.1, 0.15) is 51.0 Å². The van der Waals surface area contributed by atoms with Gasteiger partial charge in [-0.3, -0.25) is 4.79 Å². The fourth-order valence-electron chi connectivity index (χ4n) is 4.82. The number of benzene rings is 1. The highest BCUT2D eigenvalue weighted by atomic mass is 16.5. The number of esters is 1. The van der Waals surface area contributed by atoms with Gasteiger partial charge >= 0.3 is 5.97 Å². The lowest BCUT2D eigenvalue weighted by molar-refractivity contribution is -0.968. The molecule has 4 heteroatoms. The lowest BCUT2D eigenvalue weighted by Gasteiger charge is -2.49. The van der Waals surface area contributed by atoms with Gasteiger partial charge in [0.25, 0.3) is 0 Å². The molecule has 0 saturated carbocycles. The number of nitrogens with zero attached hydrogens (tertiary/aromatic N) is 1. The predicted molar refractivity (Wildman–Crippen MR) is 93.5 cm³/mol. The molecule has 1 aromatic carbocycles. The van der Waals surface area contributed by atoms with Gasteiger partial charge in [-0.05, 0) is 19.4 Å². The Hall–Kier alpha value is -1.39. The molecule has 3 rings (SSSR count). The molecule has 4 nitrogen and oxygen atoms in total. The van der Waals surface area contributed by atoms with Gasteiger partial charge in [0.05, 0.1) is 31.8 Å². The third kappa shape index (κ3) is 2.98. The highest BCUT2D eigenvalue weighted by Gasteiger charge is 2.53. The van der Waals surface area contributed by atoms with Crippen molar-refractivity contribution in [1.29, 1.82) is 0 Å². The fourth-order valence-corrected chi connectivity index (χ4v) is 4.82. The van der Waals surface area contributed by atoms with E-state index in [-0.39, 0.29) is 18.7 Å². The Morgan fingerprint density at radius 2 is 1.79 bits per heavy atom. The first-order chi connectivity index (χ1) is 11.5. The molecule has 1 N–H and O–H groups in total. The molecule has 2 saturated heterocycles. The van der Waals surface area contributed by atoms with E-state index in [1.54, 1.807) is 0 Å². The summed E-state index contributed by atoms with van der Waals surface area (Å²) in [5, 5.41) is 9.65.